The summed E-state index contributed by atoms with van der Waals surface area (Å²) in [5, 5.41) is 0. The van der Waals surface area contributed by atoms with Crippen molar-refractivity contribution < 1.29 is 28.4 Å². The minimum Gasteiger partial charge on any atom is -0.377 e. The molecule has 0 unspecified atom stereocenters. The fourth-order valence-corrected chi connectivity index (χ4v) is 1.93. The molecule has 0 bridgehead atoms. The van der Waals surface area contributed by atoms with Gasteiger partial charge in [-0.3, -0.25) is 0 Å². The van der Waals surface area contributed by atoms with Crippen molar-refractivity contribution in [1.82, 2.24) is 0 Å². The average Bonchev–Trinajstić information content (AvgIpc) is 2.68. The molecule has 0 heterocycles. The number of hydrogen-bond donors (Lipinski definition) is 0. The molecule has 0 fully saturated rings. The first-order chi connectivity index (χ1) is 12.9. The number of rotatable bonds is 19. The van der Waals surface area contributed by atoms with E-state index in [0.29, 0.717) is 79.3 Å². The normalized spacial score (nSPS) is 10.9. The summed E-state index contributed by atoms with van der Waals surface area (Å²) in [5.41, 5.74) is 1.17. The second-order valence-electron chi connectivity index (χ2n) is 5.35. The van der Waals surface area contributed by atoms with Crippen LogP contribution in [0.15, 0.2) is 43.0 Å². The van der Waals surface area contributed by atoms with Crippen molar-refractivity contribution in [3.05, 3.63) is 48.6 Å². The van der Waals surface area contributed by atoms with Crippen LogP contribution in [0.2, 0.25) is 0 Å². The fourth-order valence-electron chi connectivity index (χ4n) is 1.93. The molecule has 0 aromatic heterocycles. The molecule has 6 nitrogen and oxygen atoms in total. The Kier molecular flexibility index (Phi) is 16.2. The Balaban J connectivity index is 1.69. The molecule has 0 aliphatic rings. The van der Waals surface area contributed by atoms with Crippen molar-refractivity contribution >= 4 is 0 Å². The number of ether oxygens (including phenoxy) is 6. The lowest BCUT2D eigenvalue weighted by molar-refractivity contribution is -0.0167. The summed E-state index contributed by atoms with van der Waals surface area (Å²) in [4.78, 5) is 0. The Bertz CT molecular complexity index is 412. The van der Waals surface area contributed by atoms with Gasteiger partial charge in [0.2, 0.25) is 0 Å². The van der Waals surface area contributed by atoms with E-state index in [1.807, 2.05) is 30.3 Å². The summed E-state index contributed by atoms with van der Waals surface area (Å²) >= 11 is 0. The van der Waals surface area contributed by atoms with Crippen molar-refractivity contribution in [2.24, 2.45) is 0 Å². The molecule has 148 valence electrons. The molecule has 0 aliphatic carbocycles. The maximum absolute atomic E-state index is 5.53. The second kappa shape index (κ2) is 18.5. The Morgan fingerprint density at radius 1 is 0.577 bits per heavy atom. The van der Waals surface area contributed by atoms with Gasteiger partial charge in [-0.25, -0.2) is 0 Å². The zero-order chi connectivity index (χ0) is 18.5. The summed E-state index contributed by atoms with van der Waals surface area (Å²) < 4.78 is 32.3. The van der Waals surface area contributed by atoms with Crippen LogP contribution >= 0.6 is 0 Å². The Morgan fingerprint density at radius 3 is 1.46 bits per heavy atom. The van der Waals surface area contributed by atoms with Gasteiger partial charge in [0.25, 0.3) is 0 Å². The largest absolute Gasteiger partial charge is 0.377 e. The fraction of sp³-hybridized carbons (Fsp3) is 0.600. The lowest BCUT2D eigenvalue weighted by Gasteiger charge is -2.08. The van der Waals surface area contributed by atoms with Gasteiger partial charge in [-0.2, -0.15) is 0 Å². The van der Waals surface area contributed by atoms with Crippen molar-refractivity contribution in [3.63, 3.8) is 0 Å². The number of hydrogen-bond acceptors (Lipinski definition) is 6. The third-order valence-corrected chi connectivity index (χ3v) is 3.21. The van der Waals surface area contributed by atoms with Gasteiger partial charge in [0, 0.05) is 0 Å². The third-order valence-electron chi connectivity index (χ3n) is 3.21. The van der Waals surface area contributed by atoms with Crippen LogP contribution in [0.5, 0.6) is 0 Å². The number of benzene rings is 1. The van der Waals surface area contributed by atoms with E-state index in [1.54, 1.807) is 6.08 Å². The van der Waals surface area contributed by atoms with Gasteiger partial charge in [-0.1, -0.05) is 36.4 Å². The molecule has 0 radical (unpaired) electrons. The van der Waals surface area contributed by atoms with Crippen molar-refractivity contribution in [1.29, 1.82) is 0 Å². The highest BCUT2D eigenvalue weighted by molar-refractivity contribution is 5.13. The Labute approximate surface area is 157 Å². The predicted octanol–water partition coefficient (Wildman–Crippen LogP) is 2.47. The van der Waals surface area contributed by atoms with Gasteiger partial charge in [0.05, 0.1) is 79.3 Å². The van der Waals surface area contributed by atoms with Crippen molar-refractivity contribution in [3.8, 4) is 0 Å². The summed E-state index contributed by atoms with van der Waals surface area (Å²) in [6.45, 7) is 10.4. The van der Waals surface area contributed by atoms with Gasteiger partial charge in [-0.05, 0) is 5.56 Å². The Morgan fingerprint density at radius 2 is 1.00 bits per heavy atom. The first-order valence-electron chi connectivity index (χ1n) is 9.04. The molecule has 0 saturated heterocycles. The first-order valence-corrected chi connectivity index (χ1v) is 9.04. The smallest absolute Gasteiger partial charge is 0.0718 e. The second-order valence-corrected chi connectivity index (χ2v) is 5.35. The SMILES string of the molecule is C=CCOCCOCCOCCOCCOCCOCc1ccccc1. The molecule has 0 saturated carbocycles. The van der Waals surface area contributed by atoms with E-state index in [1.165, 1.54) is 5.56 Å². The van der Waals surface area contributed by atoms with Gasteiger partial charge < -0.3 is 28.4 Å². The van der Waals surface area contributed by atoms with Crippen molar-refractivity contribution in [2.75, 3.05) is 72.7 Å². The van der Waals surface area contributed by atoms with Gasteiger partial charge in [-0.15, -0.1) is 6.58 Å². The van der Waals surface area contributed by atoms with Gasteiger partial charge in [0.1, 0.15) is 0 Å². The van der Waals surface area contributed by atoms with Gasteiger partial charge >= 0.3 is 0 Å². The lowest BCUT2D eigenvalue weighted by Crippen LogP contribution is -2.14. The van der Waals surface area contributed by atoms with E-state index in [2.05, 4.69) is 6.58 Å². The molecular weight excluding hydrogens is 336 g/mol. The van der Waals surface area contributed by atoms with Crippen LogP contribution in [-0.4, -0.2) is 72.7 Å². The molecule has 0 amide bonds. The molecule has 1 aromatic carbocycles. The zero-order valence-corrected chi connectivity index (χ0v) is 15.6. The molecule has 26 heavy (non-hydrogen) atoms. The summed E-state index contributed by atoms with van der Waals surface area (Å²) in [7, 11) is 0. The molecule has 0 N–H and O–H groups in total. The van der Waals surface area contributed by atoms with Crippen LogP contribution in [-0.2, 0) is 35.0 Å². The standard InChI is InChI=1S/C20H32O6/c1-2-8-21-9-10-22-11-12-23-13-14-24-15-16-25-17-18-26-19-20-6-4-3-5-7-20/h2-7H,1,8-19H2. The highest BCUT2D eigenvalue weighted by atomic mass is 16.6. The molecule has 0 spiro atoms. The zero-order valence-electron chi connectivity index (χ0n) is 15.6. The van der Waals surface area contributed by atoms with E-state index in [4.69, 9.17) is 28.4 Å². The van der Waals surface area contributed by atoms with E-state index >= 15 is 0 Å². The maximum atomic E-state index is 5.53. The minimum atomic E-state index is 0.552. The topological polar surface area (TPSA) is 55.4 Å². The molecular formula is C20H32O6. The first kappa shape index (κ1) is 22.8. The van der Waals surface area contributed by atoms with Crippen LogP contribution in [0, 0.1) is 0 Å². The quantitative estimate of drug-likeness (QED) is 0.276. The third kappa shape index (κ3) is 15.0. The van der Waals surface area contributed by atoms with Crippen LogP contribution in [0.1, 0.15) is 5.56 Å². The summed E-state index contributed by atoms with van der Waals surface area (Å²) in [5.74, 6) is 0. The van der Waals surface area contributed by atoms with Crippen LogP contribution in [0.3, 0.4) is 0 Å². The van der Waals surface area contributed by atoms with Crippen molar-refractivity contribution in [2.45, 2.75) is 6.61 Å². The molecule has 1 aromatic rings. The molecule has 0 atom stereocenters. The van der Waals surface area contributed by atoms with E-state index in [9.17, 15) is 0 Å². The van der Waals surface area contributed by atoms with Crippen LogP contribution < -0.4 is 0 Å². The van der Waals surface area contributed by atoms with Crippen LogP contribution in [0.25, 0.3) is 0 Å². The monoisotopic (exact) mass is 368 g/mol. The summed E-state index contributed by atoms with van der Waals surface area (Å²) in [6.07, 6.45) is 1.72. The summed E-state index contributed by atoms with van der Waals surface area (Å²) in [6, 6.07) is 10.1. The van der Waals surface area contributed by atoms with E-state index in [0.717, 1.165) is 0 Å². The Hall–Kier alpha value is -1.28. The maximum Gasteiger partial charge on any atom is 0.0718 e. The molecule has 0 aliphatic heterocycles. The highest BCUT2D eigenvalue weighted by Gasteiger charge is 1.94. The van der Waals surface area contributed by atoms with E-state index in [-0.39, 0.29) is 0 Å². The lowest BCUT2D eigenvalue weighted by atomic mass is 10.2. The van der Waals surface area contributed by atoms with E-state index < -0.39 is 0 Å². The highest BCUT2D eigenvalue weighted by Crippen LogP contribution is 1.99. The van der Waals surface area contributed by atoms with Crippen LogP contribution in [0.4, 0.5) is 0 Å². The minimum absolute atomic E-state index is 0.552. The van der Waals surface area contributed by atoms with Gasteiger partial charge in [0.15, 0.2) is 0 Å². The predicted molar refractivity (Wildman–Crippen MR) is 100 cm³/mol. The molecule has 6 heteroatoms. The average molecular weight is 368 g/mol. The molecule has 1 rings (SSSR count).